The molecule has 1 aromatic heterocycles. The monoisotopic (exact) mass is 275 g/mol. The number of benzene rings is 1. The minimum Gasteiger partial charge on any atom is -0.310 e. The minimum absolute atomic E-state index is 0.152. The summed E-state index contributed by atoms with van der Waals surface area (Å²) < 4.78 is 16.0. The van der Waals surface area contributed by atoms with Crippen LogP contribution in [-0.2, 0) is 0 Å². The van der Waals surface area contributed by atoms with Gasteiger partial charge in [0.25, 0.3) is 0 Å². The van der Waals surface area contributed by atoms with Gasteiger partial charge < -0.3 is 5.32 Å². The molecule has 3 nitrogen and oxygen atoms in total. The molecule has 0 fully saturated rings. The summed E-state index contributed by atoms with van der Waals surface area (Å²) in [5.74, 6) is -0.237. The zero-order chi connectivity index (χ0) is 14.7. The van der Waals surface area contributed by atoms with Gasteiger partial charge in [0.1, 0.15) is 11.5 Å². The van der Waals surface area contributed by atoms with Gasteiger partial charge in [-0.25, -0.2) is 9.07 Å². The third kappa shape index (κ3) is 3.07. The molecule has 0 amide bonds. The van der Waals surface area contributed by atoms with Crippen LogP contribution in [-0.4, -0.2) is 16.3 Å². The van der Waals surface area contributed by atoms with E-state index in [0.717, 1.165) is 29.9 Å². The van der Waals surface area contributed by atoms with Crippen molar-refractivity contribution in [2.75, 3.05) is 6.54 Å². The van der Waals surface area contributed by atoms with Crippen molar-refractivity contribution in [1.82, 2.24) is 15.1 Å². The Labute approximate surface area is 119 Å². The first-order valence-electron chi connectivity index (χ1n) is 7.09. The lowest BCUT2D eigenvalue weighted by molar-refractivity contribution is 0.559. The maximum absolute atomic E-state index is 14.3. The van der Waals surface area contributed by atoms with Gasteiger partial charge in [-0.05, 0) is 57.5 Å². The standard InChI is InChI=1S/C16H22FN3/c1-5-8-18-13(4)14-6-7-16(15(17)10-14)20-12(3)9-11(2)19-20/h6-7,9-10,13,18H,5,8H2,1-4H3. The second-order valence-corrected chi connectivity index (χ2v) is 5.23. The molecule has 1 unspecified atom stereocenters. The van der Waals surface area contributed by atoms with Gasteiger partial charge in [0.2, 0.25) is 0 Å². The summed E-state index contributed by atoms with van der Waals surface area (Å²) in [6, 6.07) is 7.45. The average molecular weight is 275 g/mol. The molecule has 0 saturated heterocycles. The number of aryl methyl sites for hydroxylation is 2. The maximum Gasteiger partial charge on any atom is 0.149 e. The van der Waals surface area contributed by atoms with Gasteiger partial charge in [0.15, 0.2) is 0 Å². The summed E-state index contributed by atoms with van der Waals surface area (Å²) >= 11 is 0. The van der Waals surface area contributed by atoms with E-state index in [-0.39, 0.29) is 11.9 Å². The highest BCUT2D eigenvalue weighted by Gasteiger charge is 2.12. The normalized spacial score (nSPS) is 12.7. The van der Waals surface area contributed by atoms with Gasteiger partial charge in [0, 0.05) is 11.7 Å². The highest BCUT2D eigenvalue weighted by Crippen LogP contribution is 2.20. The molecule has 108 valence electrons. The average Bonchev–Trinajstić information content (AvgIpc) is 2.74. The van der Waals surface area contributed by atoms with Crippen LogP contribution in [0, 0.1) is 19.7 Å². The molecular formula is C16H22FN3. The number of hydrogen-bond acceptors (Lipinski definition) is 2. The Morgan fingerprint density at radius 2 is 2.05 bits per heavy atom. The van der Waals surface area contributed by atoms with Crippen molar-refractivity contribution in [3.05, 3.63) is 47.0 Å². The summed E-state index contributed by atoms with van der Waals surface area (Å²) in [6.45, 7) is 8.94. The molecule has 20 heavy (non-hydrogen) atoms. The fourth-order valence-electron chi connectivity index (χ4n) is 2.32. The molecule has 0 saturated carbocycles. The van der Waals surface area contributed by atoms with Crippen LogP contribution in [0.1, 0.15) is 43.3 Å². The molecule has 0 aliphatic heterocycles. The minimum atomic E-state index is -0.237. The summed E-state index contributed by atoms with van der Waals surface area (Å²) in [7, 11) is 0. The van der Waals surface area contributed by atoms with Crippen LogP contribution in [0.4, 0.5) is 4.39 Å². The van der Waals surface area contributed by atoms with E-state index in [1.165, 1.54) is 0 Å². The van der Waals surface area contributed by atoms with Gasteiger partial charge in [-0.15, -0.1) is 0 Å². The van der Waals surface area contributed by atoms with Crippen LogP contribution in [0.25, 0.3) is 5.69 Å². The van der Waals surface area contributed by atoms with Crippen LogP contribution >= 0.6 is 0 Å². The number of aromatic nitrogens is 2. The predicted octanol–water partition coefficient (Wildman–Crippen LogP) is 3.69. The first kappa shape index (κ1) is 14.7. The first-order chi connectivity index (χ1) is 9.52. The summed E-state index contributed by atoms with van der Waals surface area (Å²) in [5.41, 5.74) is 3.29. The van der Waals surface area contributed by atoms with E-state index in [2.05, 4.69) is 17.3 Å². The highest BCUT2D eigenvalue weighted by atomic mass is 19.1. The van der Waals surface area contributed by atoms with Gasteiger partial charge >= 0.3 is 0 Å². The second kappa shape index (κ2) is 6.18. The van der Waals surface area contributed by atoms with Crippen molar-refractivity contribution in [1.29, 1.82) is 0 Å². The highest BCUT2D eigenvalue weighted by molar-refractivity contribution is 5.38. The predicted molar refractivity (Wildman–Crippen MR) is 79.7 cm³/mol. The molecule has 0 aliphatic rings. The lowest BCUT2D eigenvalue weighted by atomic mass is 10.1. The summed E-state index contributed by atoms with van der Waals surface area (Å²) in [6.07, 6.45) is 1.07. The topological polar surface area (TPSA) is 29.9 Å². The number of halogens is 1. The molecule has 1 N–H and O–H groups in total. The Balaban J connectivity index is 2.28. The Morgan fingerprint density at radius 1 is 1.30 bits per heavy atom. The zero-order valence-electron chi connectivity index (χ0n) is 12.6. The molecule has 1 heterocycles. The molecule has 0 bridgehead atoms. The Kier molecular flexibility index (Phi) is 4.55. The summed E-state index contributed by atoms with van der Waals surface area (Å²) in [5, 5.41) is 7.69. The van der Waals surface area contributed by atoms with E-state index in [1.54, 1.807) is 16.8 Å². The van der Waals surface area contributed by atoms with Crippen molar-refractivity contribution in [2.24, 2.45) is 0 Å². The fourth-order valence-corrected chi connectivity index (χ4v) is 2.32. The Bertz CT molecular complexity index is 589. The molecule has 1 aromatic carbocycles. The first-order valence-corrected chi connectivity index (χ1v) is 7.09. The fraction of sp³-hybridized carbons (Fsp3) is 0.438. The van der Waals surface area contributed by atoms with Crippen molar-refractivity contribution in [3.63, 3.8) is 0 Å². The van der Waals surface area contributed by atoms with Gasteiger partial charge in [-0.1, -0.05) is 13.0 Å². The number of rotatable bonds is 5. The zero-order valence-corrected chi connectivity index (χ0v) is 12.6. The van der Waals surface area contributed by atoms with Crippen molar-refractivity contribution in [3.8, 4) is 5.69 Å². The van der Waals surface area contributed by atoms with E-state index >= 15 is 0 Å². The molecule has 1 atom stereocenters. The maximum atomic E-state index is 14.3. The molecule has 0 aliphatic carbocycles. The molecule has 4 heteroatoms. The van der Waals surface area contributed by atoms with Crippen LogP contribution in [0.5, 0.6) is 0 Å². The Morgan fingerprint density at radius 3 is 2.60 bits per heavy atom. The summed E-state index contributed by atoms with van der Waals surface area (Å²) in [4.78, 5) is 0. The second-order valence-electron chi connectivity index (χ2n) is 5.23. The van der Waals surface area contributed by atoms with Gasteiger partial charge in [-0.3, -0.25) is 0 Å². The van der Waals surface area contributed by atoms with Crippen LogP contribution in [0.2, 0.25) is 0 Å². The largest absolute Gasteiger partial charge is 0.310 e. The van der Waals surface area contributed by atoms with E-state index in [0.29, 0.717) is 5.69 Å². The van der Waals surface area contributed by atoms with E-state index < -0.39 is 0 Å². The quantitative estimate of drug-likeness (QED) is 0.902. The SMILES string of the molecule is CCCNC(C)c1ccc(-n2nc(C)cc2C)c(F)c1. The van der Waals surface area contributed by atoms with Crippen LogP contribution in [0.3, 0.4) is 0 Å². The van der Waals surface area contributed by atoms with Crippen molar-refractivity contribution >= 4 is 0 Å². The van der Waals surface area contributed by atoms with E-state index in [4.69, 9.17) is 0 Å². The molecule has 2 rings (SSSR count). The number of nitrogens with one attached hydrogen (secondary N) is 1. The van der Waals surface area contributed by atoms with Gasteiger partial charge in [0.05, 0.1) is 5.69 Å². The van der Waals surface area contributed by atoms with Crippen molar-refractivity contribution in [2.45, 2.75) is 40.2 Å². The van der Waals surface area contributed by atoms with E-state index in [9.17, 15) is 4.39 Å². The molecule has 2 aromatic rings. The van der Waals surface area contributed by atoms with Crippen LogP contribution in [0.15, 0.2) is 24.3 Å². The number of hydrogen-bond donors (Lipinski definition) is 1. The van der Waals surface area contributed by atoms with Gasteiger partial charge in [-0.2, -0.15) is 5.10 Å². The molecular weight excluding hydrogens is 253 g/mol. The lowest BCUT2D eigenvalue weighted by Gasteiger charge is -2.15. The molecule has 0 spiro atoms. The smallest absolute Gasteiger partial charge is 0.149 e. The third-order valence-corrected chi connectivity index (χ3v) is 3.41. The Hall–Kier alpha value is -1.68. The molecule has 0 radical (unpaired) electrons. The number of nitrogens with zero attached hydrogens (tertiary/aromatic N) is 2. The third-order valence-electron chi connectivity index (χ3n) is 3.41. The lowest BCUT2D eigenvalue weighted by Crippen LogP contribution is -2.19. The van der Waals surface area contributed by atoms with E-state index in [1.807, 2.05) is 32.9 Å². The van der Waals surface area contributed by atoms with Crippen molar-refractivity contribution < 1.29 is 4.39 Å². The van der Waals surface area contributed by atoms with Crippen LogP contribution < -0.4 is 5.32 Å².